The molecule has 0 aliphatic heterocycles. The lowest BCUT2D eigenvalue weighted by Crippen LogP contribution is -2.08. The molecule has 0 aliphatic carbocycles. The third-order valence-electron chi connectivity index (χ3n) is 11.4. The lowest BCUT2D eigenvalue weighted by Gasteiger charge is -2.11. The second-order valence-electron chi connectivity index (χ2n) is 17.4. The summed E-state index contributed by atoms with van der Waals surface area (Å²) >= 11 is 0. The molecule has 0 amide bonds. The SMILES string of the molecule is Cc1cc(N=Nc2ccc3c(O)c(N=Nc4cc(C)c(N=Nc5cc(C)c(N=Nc6cc(C)c(N=Nc7ccc(S(=O)(=O)O)cc7S(=O)(=O)O)cc6OCCCS(=O)(=O)O)cc5C)cc4C)c(S(=O)(=O)O)cc3c2)ccc1O. The molecule has 78 heavy (non-hydrogen) atoms. The molecule has 0 fully saturated rings. The Hall–Kier alpha value is -8.16. The predicted molar refractivity (Wildman–Crippen MR) is 285 cm³/mol. The summed E-state index contributed by atoms with van der Waals surface area (Å²) in [6.07, 6.45) is -0.137. The Balaban J connectivity index is 1.12. The smallest absolute Gasteiger partial charge is 0.296 e. The van der Waals surface area contributed by atoms with E-state index in [0.717, 1.165) is 18.2 Å². The fraction of sp³-hybridized carbons (Fsp3) is 0.184. The van der Waals surface area contributed by atoms with Crippen molar-refractivity contribution < 1.29 is 66.8 Å². The quantitative estimate of drug-likeness (QED) is 0.0264. The van der Waals surface area contributed by atoms with Crippen LogP contribution in [-0.4, -0.2) is 74.5 Å². The number of azo groups is 5. The third kappa shape index (κ3) is 14.2. The number of phenols is 2. The van der Waals surface area contributed by atoms with Gasteiger partial charge < -0.3 is 14.9 Å². The molecule has 7 aromatic carbocycles. The number of benzene rings is 7. The maximum absolute atomic E-state index is 12.6. The van der Waals surface area contributed by atoms with Gasteiger partial charge in [0.05, 0.1) is 57.1 Å². The standard InChI is InChI=1S/C49H46N10O15S4/c1-26-18-40(55-58-43-21-30(5)42(25-45(43)74-14-7-15-75(62,63)64)56-52-37-12-10-35(76(65,66)67)24-46(37)77(68,69)70)27(2)17-38(26)53-54-39-19-29(4)41(20-28(39)3)57-59-48-47(78(71,72)73)23-32-22-34(8-11-36(32)49(48)61)51-50-33-9-13-44(60)31(6)16-33/h8-13,16-25,60-61H,7,14-15H2,1-6H3,(H,62,63,64)(H,65,66,67)(H,68,69,70)(H,71,72,73). The second-order valence-corrected chi connectivity index (χ2v) is 23.2. The van der Waals surface area contributed by atoms with Crippen LogP contribution in [-0.2, 0) is 40.5 Å². The van der Waals surface area contributed by atoms with Crippen molar-refractivity contribution in [2.24, 2.45) is 51.1 Å². The van der Waals surface area contributed by atoms with Crippen LogP contribution in [0.1, 0.15) is 39.8 Å². The highest BCUT2D eigenvalue weighted by Crippen LogP contribution is 2.44. The Bertz CT molecular complexity index is 4210. The summed E-state index contributed by atoms with van der Waals surface area (Å²) in [4.78, 5) is -2.50. The van der Waals surface area contributed by atoms with Crippen LogP contribution in [0.5, 0.6) is 17.2 Å². The first kappa shape index (κ1) is 57.5. The predicted octanol–water partition coefficient (Wildman–Crippen LogP) is 13.6. The fourth-order valence-corrected chi connectivity index (χ4v) is 9.64. The van der Waals surface area contributed by atoms with Gasteiger partial charge in [0, 0.05) is 11.5 Å². The Labute approximate surface area is 446 Å². The van der Waals surface area contributed by atoms with Crippen molar-refractivity contribution in [1.82, 2.24) is 0 Å². The van der Waals surface area contributed by atoms with Crippen molar-refractivity contribution in [2.75, 3.05) is 12.4 Å². The molecule has 6 N–H and O–H groups in total. The minimum atomic E-state index is -5.06. The fourth-order valence-electron chi connectivity index (χ4n) is 7.27. The Morgan fingerprint density at radius 2 is 0.885 bits per heavy atom. The third-order valence-corrected chi connectivity index (χ3v) is 14.8. The van der Waals surface area contributed by atoms with Gasteiger partial charge in [0.25, 0.3) is 40.5 Å². The van der Waals surface area contributed by atoms with E-state index in [0.29, 0.717) is 67.9 Å². The van der Waals surface area contributed by atoms with Gasteiger partial charge in [-0.2, -0.15) is 69.5 Å². The summed E-state index contributed by atoms with van der Waals surface area (Å²) in [5.74, 6) is -1.08. The van der Waals surface area contributed by atoms with Gasteiger partial charge in [-0.15, -0.1) is 15.3 Å². The van der Waals surface area contributed by atoms with E-state index >= 15 is 0 Å². The average Bonchev–Trinajstić information content (AvgIpc) is 3.37. The number of nitrogens with zero attached hydrogens (tertiary/aromatic N) is 10. The van der Waals surface area contributed by atoms with Gasteiger partial charge in [-0.05, 0) is 178 Å². The second kappa shape index (κ2) is 22.8. The van der Waals surface area contributed by atoms with Gasteiger partial charge in [0.2, 0.25) is 0 Å². The largest absolute Gasteiger partial charge is 0.508 e. The van der Waals surface area contributed by atoms with Crippen LogP contribution in [0.15, 0.2) is 163 Å². The molecule has 0 heterocycles. The first-order chi connectivity index (χ1) is 36.4. The van der Waals surface area contributed by atoms with Crippen molar-refractivity contribution in [2.45, 2.75) is 62.6 Å². The van der Waals surface area contributed by atoms with Crippen LogP contribution in [0.25, 0.3) is 10.8 Å². The number of aryl methyl sites for hydroxylation is 6. The number of rotatable bonds is 18. The van der Waals surface area contributed by atoms with Crippen LogP contribution in [0.4, 0.5) is 56.9 Å². The van der Waals surface area contributed by atoms with E-state index in [4.69, 9.17) is 4.74 Å². The lowest BCUT2D eigenvalue weighted by atomic mass is 10.1. The van der Waals surface area contributed by atoms with E-state index in [2.05, 4.69) is 51.1 Å². The number of fused-ring (bicyclic) bond motifs is 1. The lowest BCUT2D eigenvalue weighted by molar-refractivity contribution is 0.317. The van der Waals surface area contributed by atoms with Crippen LogP contribution < -0.4 is 4.74 Å². The van der Waals surface area contributed by atoms with E-state index < -0.39 is 78.0 Å². The van der Waals surface area contributed by atoms with Gasteiger partial charge in [-0.25, -0.2) is 0 Å². The van der Waals surface area contributed by atoms with Gasteiger partial charge in [-0.3, -0.25) is 18.2 Å². The molecule has 7 rings (SSSR count). The molecule has 0 saturated carbocycles. The molecule has 7 aromatic rings. The number of aromatic hydroxyl groups is 2. The van der Waals surface area contributed by atoms with Crippen LogP contribution >= 0.6 is 0 Å². The highest BCUT2D eigenvalue weighted by Gasteiger charge is 2.24. The highest BCUT2D eigenvalue weighted by molar-refractivity contribution is 7.87. The molecule has 25 nitrogen and oxygen atoms in total. The summed E-state index contributed by atoms with van der Waals surface area (Å²) in [5, 5.41) is 63.8. The molecule has 0 saturated heterocycles. The Morgan fingerprint density at radius 1 is 0.423 bits per heavy atom. The number of hydrogen-bond donors (Lipinski definition) is 6. The monoisotopic (exact) mass is 1140 g/mol. The van der Waals surface area contributed by atoms with Crippen molar-refractivity contribution in [1.29, 1.82) is 0 Å². The van der Waals surface area contributed by atoms with Gasteiger partial charge in [0.1, 0.15) is 38.4 Å². The zero-order valence-corrected chi connectivity index (χ0v) is 45.1. The summed E-state index contributed by atoms with van der Waals surface area (Å²) < 4.78 is 140. The topological polar surface area (TPSA) is 391 Å². The summed E-state index contributed by atoms with van der Waals surface area (Å²) in [7, 11) is -19.2. The van der Waals surface area contributed by atoms with Crippen LogP contribution in [0.2, 0.25) is 0 Å². The maximum Gasteiger partial charge on any atom is 0.296 e. The maximum atomic E-state index is 12.6. The van der Waals surface area contributed by atoms with Gasteiger partial charge in [-0.1, -0.05) is 0 Å². The molecular weight excluding hydrogens is 1100 g/mol. The summed E-state index contributed by atoms with van der Waals surface area (Å²) in [6, 6.07) is 22.1. The molecule has 0 spiro atoms. The molecular formula is C49H46N10O15S4. The Kier molecular flexibility index (Phi) is 16.8. The van der Waals surface area contributed by atoms with E-state index in [-0.39, 0.29) is 52.4 Å². The first-order valence-corrected chi connectivity index (χ1v) is 28.6. The number of ether oxygens (including phenoxy) is 1. The number of hydrogen-bond acceptors (Lipinski definition) is 21. The molecule has 406 valence electrons. The molecule has 0 aliphatic rings. The first-order valence-electron chi connectivity index (χ1n) is 22.6. The van der Waals surface area contributed by atoms with Crippen molar-refractivity contribution in [3.05, 3.63) is 130 Å². The van der Waals surface area contributed by atoms with E-state index in [9.17, 15) is 62.1 Å². The van der Waals surface area contributed by atoms with Crippen molar-refractivity contribution in [3.8, 4) is 17.2 Å². The minimum absolute atomic E-state index is 0.0101. The minimum Gasteiger partial charge on any atom is -0.508 e. The summed E-state index contributed by atoms with van der Waals surface area (Å²) in [6.45, 7) is 10.0. The average molecular weight is 1140 g/mol. The molecule has 0 bridgehead atoms. The van der Waals surface area contributed by atoms with E-state index in [1.54, 1.807) is 77.9 Å². The molecule has 0 atom stereocenters. The molecule has 29 heteroatoms. The van der Waals surface area contributed by atoms with Crippen molar-refractivity contribution >= 4 is 108 Å². The van der Waals surface area contributed by atoms with E-state index in [1.807, 2.05) is 0 Å². The Morgan fingerprint density at radius 3 is 1.38 bits per heavy atom. The molecule has 0 aromatic heterocycles. The van der Waals surface area contributed by atoms with Gasteiger partial charge >= 0.3 is 0 Å². The van der Waals surface area contributed by atoms with E-state index in [1.165, 1.54) is 36.4 Å². The van der Waals surface area contributed by atoms with Crippen LogP contribution in [0, 0.1) is 41.5 Å². The normalized spacial score (nSPS) is 12.9. The van der Waals surface area contributed by atoms with Crippen molar-refractivity contribution in [3.63, 3.8) is 0 Å². The zero-order chi connectivity index (χ0) is 57.1. The molecule has 0 unspecified atom stereocenters. The van der Waals surface area contributed by atoms with Crippen LogP contribution in [0.3, 0.4) is 0 Å². The number of phenolic OH excluding ortho intramolecular Hbond substituents is 2. The zero-order valence-electron chi connectivity index (χ0n) is 41.8. The highest BCUT2D eigenvalue weighted by atomic mass is 32.2. The molecule has 0 radical (unpaired) electrons. The summed E-state index contributed by atoms with van der Waals surface area (Å²) in [5.41, 5.74) is 4.94. The van der Waals surface area contributed by atoms with Gasteiger partial charge in [0.15, 0.2) is 5.75 Å².